The minimum Gasteiger partial charge on any atom is -0.466 e. The fourth-order valence-corrected chi connectivity index (χ4v) is 3.03. The van der Waals surface area contributed by atoms with Gasteiger partial charge in [0.25, 0.3) is 0 Å². The summed E-state index contributed by atoms with van der Waals surface area (Å²) in [6, 6.07) is 1.31. The van der Waals surface area contributed by atoms with Crippen molar-refractivity contribution in [3.8, 4) is 0 Å². The van der Waals surface area contributed by atoms with Gasteiger partial charge in [-0.05, 0) is 31.6 Å². The average Bonchev–Trinajstić information content (AvgIpc) is 2.64. The minimum atomic E-state index is -0.0348. The van der Waals surface area contributed by atoms with E-state index in [2.05, 4.69) is 5.32 Å². The Morgan fingerprint density at radius 3 is 2.59 bits per heavy atom. The normalized spacial score (nSPS) is 31.5. The molecule has 2 atom stereocenters. The molecule has 0 amide bonds. The number of carbonyl (C=O) groups is 1. The zero-order valence-electron chi connectivity index (χ0n) is 10.6. The molecule has 0 spiro atoms. The molecule has 2 heterocycles. The summed E-state index contributed by atoms with van der Waals surface area (Å²) in [7, 11) is 1.66. The van der Waals surface area contributed by atoms with E-state index in [9.17, 15) is 4.79 Å². The molecule has 17 heavy (non-hydrogen) atoms. The van der Waals surface area contributed by atoms with Crippen LogP contribution in [-0.4, -0.2) is 38.4 Å². The third-order valence-electron chi connectivity index (χ3n) is 3.78. The lowest BCUT2D eigenvalue weighted by molar-refractivity contribution is -0.145. The van der Waals surface area contributed by atoms with Crippen molar-refractivity contribution in [3.05, 3.63) is 0 Å². The first-order chi connectivity index (χ1) is 8.28. The van der Waals surface area contributed by atoms with Crippen molar-refractivity contribution in [2.24, 2.45) is 5.92 Å². The molecule has 0 aliphatic carbocycles. The predicted octanol–water partition coefficient (Wildman–Crippen LogP) is 1.49. The van der Waals surface area contributed by atoms with Gasteiger partial charge in [-0.1, -0.05) is 0 Å². The summed E-state index contributed by atoms with van der Waals surface area (Å²) in [5, 5.41) is 3.58. The van der Waals surface area contributed by atoms with Crippen molar-refractivity contribution >= 4 is 5.97 Å². The average molecular weight is 241 g/mol. The van der Waals surface area contributed by atoms with Crippen LogP contribution in [0.25, 0.3) is 0 Å². The highest BCUT2D eigenvalue weighted by molar-refractivity contribution is 5.69. The molecule has 4 nitrogen and oxygen atoms in total. The Morgan fingerprint density at radius 2 is 1.94 bits per heavy atom. The molecule has 2 unspecified atom stereocenters. The van der Waals surface area contributed by atoms with Crippen molar-refractivity contribution < 1.29 is 14.3 Å². The third kappa shape index (κ3) is 3.96. The van der Waals surface area contributed by atoms with Crippen molar-refractivity contribution in [2.45, 2.75) is 50.6 Å². The van der Waals surface area contributed by atoms with Gasteiger partial charge in [-0.3, -0.25) is 4.79 Å². The molecule has 4 heteroatoms. The Labute approximate surface area is 103 Å². The van der Waals surface area contributed by atoms with Gasteiger partial charge in [0.05, 0.1) is 6.61 Å². The maximum Gasteiger partial charge on any atom is 0.306 e. The van der Waals surface area contributed by atoms with E-state index < -0.39 is 0 Å². The van der Waals surface area contributed by atoms with E-state index in [0.29, 0.717) is 37.6 Å². The molecule has 2 bridgehead atoms. The van der Waals surface area contributed by atoms with Crippen LogP contribution in [0.2, 0.25) is 0 Å². The second kappa shape index (κ2) is 6.36. The number of hydrogen-bond donors (Lipinski definition) is 1. The molecule has 0 aromatic rings. The van der Waals surface area contributed by atoms with Crippen LogP contribution in [0.1, 0.15) is 38.5 Å². The largest absolute Gasteiger partial charge is 0.466 e. The number of carbonyl (C=O) groups excluding carboxylic acids is 1. The summed E-state index contributed by atoms with van der Waals surface area (Å²) in [6.45, 7) is 1.15. The highest BCUT2D eigenvalue weighted by atomic mass is 16.5. The van der Waals surface area contributed by atoms with E-state index >= 15 is 0 Å². The van der Waals surface area contributed by atoms with E-state index in [0.717, 1.165) is 19.3 Å². The van der Waals surface area contributed by atoms with E-state index in [4.69, 9.17) is 9.47 Å². The van der Waals surface area contributed by atoms with Gasteiger partial charge in [0, 0.05) is 38.6 Å². The van der Waals surface area contributed by atoms with Crippen molar-refractivity contribution in [1.29, 1.82) is 0 Å². The number of rotatable bonds is 6. The lowest BCUT2D eigenvalue weighted by atomic mass is 9.90. The van der Waals surface area contributed by atoms with Gasteiger partial charge >= 0.3 is 5.97 Å². The van der Waals surface area contributed by atoms with Crippen LogP contribution >= 0.6 is 0 Å². The Bertz CT molecular complexity index is 245. The molecule has 0 aromatic carbocycles. The molecular formula is C13H23NO3. The second-order valence-electron chi connectivity index (χ2n) is 5.25. The van der Waals surface area contributed by atoms with Crippen molar-refractivity contribution in [3.63, 3.8) is 0 Å². The van der Waals surface area contributed by atoms with Gasteiger partial charge in [0.15, 0.2) is 0 Å². The molecule has 2 rings (SSSR count). The quantitative estimate of drug-likeness (QED) is 0.565. The van der Waals surface area contributed by atoms with Crippen LogP contribution in [0.5, 0.6) is 0 Å². The van der Waals surface area contributed by atoms with Crippen LogP contribution in [0, 0.1) is 5.92 Å². The molecular weight excluding hydrogens is 218 g/mol. The maximum absolute atomic E-state index is 11.6. The maximum atomic E-state index is 11.6. The Morgan fingerprint density at radius 1 is 1.24 bits per heavy atom. The lowest BCUT2D eigenvalue weighted by Gasteiger charge is -2.28. The van der Waals surface area contributed by atoms with Crippen molar-refractivity contribution in [1.82, 2.24) is 5.32 Å². The van der Waals surface area contributed by atoms with E-state index in [1.807, 2.05) is 0 Å². The number of hydrogen-bond acceptors (Lipinski definition) is 4. The highest BCUT2D eigenvalue weighted by Gasteiger charge is 2.34. The monoisotopic (exact) mass is 241 g/mol. The first-order valence-electron chi connectivity index (χ1n) is 6.68. The van der Waals surface area contributed by atoms with Crippen molar-refractivity contribution in [2.75, 3.05) is 20.3 Å². The van der Waals surface area contributed by atoms with Gasteiger partial charge in [0.1, 0.15) is 0 Å². The van der Waals surface area contributed by atoms with Crippen LogP contribution in [0.3, 0.4) is 0 Å². The standard InChI is InChI=1S/C13H23NO3/c1-16-5-2-6-17-13(15)9-10-7-11-3-4-12(8-10)14-11/h10-12,14H,2-9H2,1H3. The van der Waals surface area contributed by atoms with E-state index in [1.54, 1.807) is 7.11 Å². The molecule has 2 saturated heterocycles. The molecule has 2 fully saturated rings. The van der Waals surface area contributed by atoms with Gasteiger partial charge in [0.2, 0.25) is 0 Å². The third-order valence-corrected chi connectivity index (χ3v) is 3.78. The van der Waals surface area contributed by atoms with E-state index in [1.165, 1.54) is 12.8 Å². The summed E-state index contributed by atoms with van der Waals surface area (Å²) in [5.41, 5.74) is 0. The Hall–Kier alpha value is -0.610. The van der Waals surface area contributed by atoms with Gasteiger partial charge in [-0.15, -0.1) is 0 Å². The van der Waals surface area contributed by atoms with Crippen LogP contribution in [-0.2, 0) is 14.3 Å². The zero-order chi connectivity index (χ0) is 12.1. The summed E-state index contributed by atoms with van der Waals surface area (Å²) in [4.78, 5) is 11.6. The predicted molar refractivity (Wildman–Crippen MR) is 64.7 cm³/mol. The first-order valence-corrected chi connectivity index (χ1v) is 6.68. The molecule has 98 valence electrons. The van der Waals surface area contributed by atoms with Gasteiger partial charge < -0.3 is 14.8 Å². The Kier molecular flexibility index (Phi) is 4.80. The molecule has 0 radical (unpaired) electrons. The zero-order valence-corrected chi connectivity index (χ0v) is 10.6. The van der Waals surface area contributed by atoms with Crippen LogP contribution < -0.4 is 5.32 Å². The first kappa shape index (κ1) is 12.8. The summed E-state index contributed by atoms with van der Waals surface area (Å²) in [6.07, 6.45) is 6.24. The highest BCUT2D eigenvalue weighted by Crippen LogP contribution is 2.32. The molecule has 2 aliphatic rings. The summed E-state index contributed by atoms with van der Waals surface area (Å²) in [5.74, 6) is 0.496. The summed E-state index contributed by atoms with van der Waals surface area (Å²) >= 11 is 0. The number of fused-ring (bicyclic) bond motifs is 2. The fourth-order valence-electron chi connectivity index (χ4n) is 3.03. The molecule has 0 saturated carbocycles. The number of ether oxygens (including phenoxy) is 2. The molecule has 2 aliphatic heterocycles. The number of piperidine rings is 1. The lowest BCUT2D eigenvalue weighted by Crippen LogP contribution is -2.38. The number of esters is 1. The van der Waals surface area contributed by atoms with Gasteiger partial charge in [-0.2, -0.15) is 0 Å². The topological polar surface area (TPSA) is 47.6 Å². The molecule has 1 N–H and O–H groups in total. The summed E-state index contributed by atoms with van der Waals surface area (Å²) < 4.78 is 10.1. The van der Waals surface area contributed by atoms with Crippen LogP contribution in [0.15, 0.2) is 0 Å². The Balaban J connectivity index is 1.61. The minimum absolute atomic E-state index is 0.0348. The fraction of sp³-hybridized carbons (Fsp3) is 0.923. The second-order valence-corrected chi connectivity index (χ2v) is 5.25. The number of methoxy groups -OCH3 is 1. The SMILES string of the molecule is COCCCOC(=O)CC1CC2CCC(C1)N2. The number of nitrogens with one attached hydrogen (secondary N) is 1. The van der Waals surface area contributed by atoms with E-state index in [-0.39, 0.29) is 5.97 Å². The van der Waals surface area contributed by atoms with Crippen LogP contribution in [0.4, 0.5) is 0 Å². The smallest absolute Gasteiger partial charge is 0.306 e. The van der Waals surface area contributed by atoms with Gasteiger partial charge in [-0.25, -0.2) is 0 Å². The molecule has 0 aromatic heterocycles.